The van der Waals surface area contributed by atoms with E-state index in [1.54, 1.807) is 0 Å². The lowest BCUT2D eigenvalue weighted by atomic mass is 10.4. The summed E-state index contributed by atoms with van der Waals surface area (Å²) < 4.78 is 1.29. The molecule has 5 nitrogen and oxygen atoms in total. The van der Waals surface area contributed by atoms with E-state index in [2.05, 4.69) is 0 Å². The van der Waals surface area contributed by atoms with Gasteiger partial charge in [0, 0.05) is 24.7 Å². The van der Waals surface area contributed by atoms with Gasteiger partial charge in [0.15, 0.2) is 0 Å². The fourth-order valence-corrected chi connectivity index (χ4v) is 1.19. The second-order valence-corrected chi connectivity index (χ2v) is 3.07. The molecule has 0 fully saturated rings. The Morgan fingerprint density at radius 1 is 1.57 bits per heavy atom. The molecule has 0 aromatic carbocycles. The summed E-state index contributed by atoms with van der Waals surface area (Å²) in [5.41, 5.74) is -0.982. The van der Waals surface area contributed by atoms with Crippen molar-refractivity contribution in [3.8, 4) is 0 Å². The van der Waals surface area contributed by atoms with Crippen LogP contribution in [-0.4, -0.2) is 15.4 Å². The molecule has 0 spiro atoms. The minimum absolute atomic E-state index is 0.401. The van der Waals surface area contributed by atoms with Crippen LogP contribution in [0.1, 0.15) is 6.42 Å². The standard InChI is InChI=1S/C8H9ClN2O3/c9-4-2-6-10-5-1-3-7(8(10)12)11(13)14/h1,3,5H,2,4,6H2. The Kier molecular flexibility index (Phi) is 3.64. The van der Waals surface area contributed by atoms with Crippen LogP contribution in [0.4, 0.5) is 5.69 Å². The molecule has 0 amide bonds. The molecule has 0 bridgehead atoms. The smallest absolute Gasteiger partial charge is 0.310 e. The van der Waals surface area contributed by atoms with Crippen molar-refractivity contribution >= 4 is 17.3 Å². The third-order valence-electron chi connectivity index (χ3n) is 1.73. The number of aryl methyl sites for hydroxylation is 1. The SMILES string of the molecule is O=c1c([N+](=O)[O-])cccn1CCCCl. The van der Waals surface area contributed by atoms with Crippen molar-refractivity contribution in [2.24, 2.45) is 0 Å². The zero-order chi connectivity index (χ0) is 10.6. The summed E-state index contributed by atoms with van der Waals surface area (Å²) in [5, 5.41) is 10.4. The molecular weight excluding hydrogens is 208 g/mol. The van der Waals surface area contributed by atoms with Gasteiger partial charge in [0.05, 0.1) is 4.92 Å². The Labute approximate surface area is 85.1 Å². The molecular formula is C8H9ClN2O3. The zero-order valence-electron chi connectivity index (χ0n) is 7.35. The Bertz CT molecular complexity index is 388. The van der Waals surface area contributed by atoms with E-state index in [9.17, 15) is 14.9 Å². The molecule has 6 heteroatoms. The first-order chi connectivity index (χ1) is 6.66. The topological polar surface area (TPSA) is 65.1 Å². The van der Waals surface area contributed by atoms with E-state index >= 15 is 0 Å². The third kappa shape index (κ3) is 2.32. The van der Waals surface area contributed by atoms with E-state index in [1.165, 1.54) is 22.9 Å². The molecule has 0 N–H and O–H groups in total. The predicted octanol–water partition coefficient (Wildman–Crippen LogP) is 1.39. The molecule has 0 atom stereocenters. The number of nitrogens with zero attached hydrogens (tertiary/aromatic N) is 2. The molecule has 1 aromatic heterocycles. The Hall–Kier alpha value is -1.36. The first-order valence-corrected chi connectivity index (χ1v) is 4.60. The van der Waals surface area contributed by atoms with E-state index in [1.807, 2.05) is 0 Å². The summed E-state index contributed by atoms with van der Waals surface area (Å²) in [6, 6.07) is 2.67. The summed E-state index contributed by atoms with van der Waals surface area (Å²) in [4.78, 5) is 21.1. The van der Waals surface area contributed by atoms with Gasteiger partial charge >= 0.3 is 11.2 Å². The molecule has 1 aromatic rings. The number of aromatic nitrogens is 1. The summed E-state index contributed by atoms with van der Waals surface area (Å²) >= 11 is 5.46. The molecule has 0 aliphatic heterocycles. The van der Waals surface area contributed by atoms with Crippen LogP contribution < -0.4 is 5.56 Å². The second kappa shape index (κ2) is 4.76. The quantitative estimate of drug-likeness (QED) is 0.434. The molecule has 0 saturated carbocycles. The number of rotatable bonds is 4. The highest BCUT2D eigenvalue weighted by atomic mass is 35.5. The zero-order valence-corrected chi connectivity index (χ0v) is 8.11. The van der Waals surface area contributed by atoms with Gasteiger partial charge in [-0.3, -0.25) is 14.9 Å². The average Bonchev–Trinajstić information content (AvgIpc) is 2.16. The lowest BCUT2D eigenvalue weighted by Gasteiger charge is -2.02. The van der Waals surface area contributed by atoms with Gasteiger partial charge in [0.2, 0.25) is 0 Å². The van der Waals surface area contributed by atoms with Crippen LogP contribution in [0.15, 0.2) is 23.1 Å². The summed E-state index contributed by atoms with van der Waals surface area (Å²) in [6.07, 6.45) is 2.13. The van der Waals surface area contributed by atoms with Gasteiger partial charge in [-0.25, -0.2) is 0 Å². The van der Waals surface area contributed by atoms with Gasteiger partial charge in [-0.2, -0.15) is 0 Å². The van der Waals surface area contributed by atoms with Crippen molar-refractivity contribution < 1.29 is 4.92 Å². The fraction of sp³-hybridized carbons (Fsp3) is 0.375. The molecule has 76 valence electrons. The molecule has 0 saturated heterocycles. The van der Waals surface area contributed by atoms with E-state index < -0.39 is 16.2 Å². The van der Waals surface area contributed by atoms with Crippen LogP contribution in [0.5, 0.6) is 0 Å². The van der Waals surface area contributed by atoms with Crippen molar-refractivity contribution in [2.45, 2.75) is 13.0 Å². The van der Waals surface area contributed by atoms with Gasteiger partial charge in [0.25, 0.3) is 0 Å². The van der Waals surface area contributed by atoms with Crippen LogP contribution in [-0.2, 0) is 6.54 Å². The largest absolute Gasteiger partial charge is 0.334 e. The number of hydrogen-bond donors (Lipinski definition) is 0. The van der Waals surface area contributed by atoms with E-state index in [0.717, 1.165) is 0 Å². The highest BCUT2D eigenvalue weighted by molar-refractivity contribution is 6.17. The van der Waals surface area contributed by atoms with Crippen LogP contribution in [0.3, 0.4) is 0 Å². The highest BCUT2D eigenvalue weighted by Gasteiger charge is 2.12. The van der Waals surface area contributed by atoms with Crippen LogP contribution in [0.25, 0.3) is 0 Å². The normalized spacial score (nSPS) is 10.1. The number of halogens is 1. The van der Waals surface area contributed by atoms with Crippen molar-refractivity contribution in [1.82, 2.24) is 4.57 Å². The maximum Gasteiger partial charge on any atom is 0.334 e. The van der Waals surface area contributed by atoms with E-state index in [0.29, 0.717) is 18.8 Å². The minimum atomic E-state index is -0.681. The maximum absolute atomic E-state index is 11.4. The van der Waals surface area contributed by atoms with Gasteiger partial charge in [-0.15, -0.1) is 11.6 Å². The van der Waals surface area contributed by atoms with Crippen LogP contribution in [0.2, 0.25) is 0 Å². The Balaban J connectivity index is 3.02. The molecule has 0 aliphatic carbocycles. The number of nitro groups is 1. The first-order valence-electron chi connectivity index (χ1n) is 4.06. The fourth-order valence-electron chi connectivity index (χ4n) is 1.07. The predicted molar refractivity (Wildman–Crippen MR) is 52.7 cm³/mol. The number of alkyl halides is 1. The van der Waals surface area contributed by atoms with Crippen molar-refractivity contribution in [1.29, 1.82) is 0 Å². The molecule has 0 unspecified atom stereocenters. The Morgan fingerprint density at radius 2 is 2.29 bits per heavy atom. The van der Waals surface area contributed by atoms with Gasteiger partial charge in [-0.05, 0) is 12.5 Å². The minimum Gasteiger partial charge on any atom is -0.310 e. The van der Waals surface area contributed by atoms with Gasteiger partial charge in [0.1, 0.15) is 0 Å². The molecule has 0 radical (unpaired) electrons. The number of pyridine rings is 1. The average molecular weight is 217 g/mol. The lowest BCUT2D eigenvalue weighted by Crippen LogP contribution is -2.21. The third-order valence-corrected chi connectivity index (χ3v) is 2.00. The van der Waals surface area contributed by atoms with E-state index in [-0.39, 0.29) is 0 Å². The molecule has 14 heavy (non-hydrogen) atoms. The van der Waals surface area contributed by atoms with Crippen molar-refractivity contribution in [3.05, 3.63) is 38.8 Å². The monoisotopic (exact) mass is 216 g/mol. The van der Waals surface area contributed by atoms with Crippen LogP contribution >= 0.6 is 11.6 Å². The molecule has 1 rings (SSSR count). The van der Waals surface area contributed by atoms with E-state index in [4.69, 9.17) is 11.6 Å². The summed E-state index contributed by atoms with van der Waals surface area (Å²) in [7, 11) is 0. The lowest BCUT2D eigenvalue weighted by molar-refractivity contribution is -0.386. The Morgan fingerprint density at radius 3 is 2.86 bits per heavy atom. The van der Waals surface area contributed by atoms with Gasteiger partial charge in [-0.1, -0.05) is 0 Å². The second-order valence-electron chi connectivity index (χ2n) is 2.69. The summed E-state index contributed by atoms with van der Waals surface area (Å²) in [6.45, 7) is 0.407. The summed E-state index contributed by atoms with van der Waals surface area (Å²) in [5.74, 6) is 0.426. The molecule has 0 aliphatic rings. The van der Waals surface area contributed by atoms with Gasteiger partial charge < -0.3 is 4.57 Å². The van der Waals surface area contributed by atoms with Crippen molar-refractivity contribution in [3.63, 3.8) is 0 Å². The molecule has 1 heterocycles. The van der Waals surface area contributed by atoms with Crippen LogP contribution in [0, 0.1) is 10.1 Å². The first kappa shape index (κ1) is 10.7. The highest BCUT2D eigenvalue weighted by Crippen LogP contribution is 2.02. The number of hydrogen-bond acceptors (Lipinski definition) is 3. The maximum atomic E-state index is 11.4. The van der Waals surface area contributed by atoms with Crippen molar-refractivity contribution in [2.75, 3.05) is 5.88 Å².